The number of amides is 3. The summed E-state index contributed by atoms with van der Waals surface area (Å²) in [5, 5.41) is 2.71. The smallest absolute Gasteiger partial charge is 0.293 e. The zero-order valence-electron chi connectivity index (χ0n) is 19.6. The van der Waals surface area contributed by atoms with E-state index in [4.69, 9.17) is 32.7 Å². The normalized spacial score (nSPS) is 14.2. The van der Waals surface area contributed by atoms with Gasteiger partial charge in [-0.15, -0.1) is 0 Å². The molecule has 4 rings (SSSR count). The number of imide groups is 1. The second-order valence-electron chi connectivity index (χ2n) is 7.85. The number of anilines is 1. The highest BCUT2D eigenvalue weighted by molar-refractivity contribution is 9.10. The number of carbonyl (C=O) groups is 3. The van der Waals surface area contributed by atoms with Crippen molar-refractivity contribution in [1.29, 1.82) is 0 Å². The summed E-state index contributed by atoms with van der Waals surface area (Å²) in [5.74, 6) is -0.870. The number of rotatable bonds is 8. The van der Waals surface area contributed by atoms with Crippen molar-refractivity contribution < 1.29 is 28.2 Å². The molecule has 0 aromatic heterocycles. The number of benzene rings is 3. The highest BCUT2D eigenvalue weighted by Gasteiger charge is 2.35. The Morgan fingerprint density at radius 3 is 2.61 bits per heavy atom. The maximum absolute atomic E-state index is 13.3. The van der Waals surface area contributed by atoms with Gasteiger partial charge >= 0.3 is 0 Å². The molecule has 0 radical (unpaired) electrons. The number of ether oxygens (including phenoxy) is 2. The van der Waals surface area contributed by atoms with Crippen LogP contribution in [0.15, 0.2) is 64.0 Å². The minimum atomic E-state index is -0.513. The van der Waals surface area contributed by atoms with Crippen molar-refractivity contribution in [3.8, 4) is 11.5 Å². The minimum absolute atomic E-state index is 0.0861. The molecular weight excluding hydrogens is 622 g/mol. The fourth-order valence-corrected chi connectivity index (χ4v) is 5.28. The van der Waals surface area contributed by atoms with Gasteiger partial charge in [-0.25, -0.2) is 4.39 Å². The van der Waals surface area contributed by atoms with Gasteiger partial charge in [-0.05, 0) is 81.3 Å². The highest BCUT2D eigenvalue weighted by Crippen LogP contribution is 2.39. The molecule has 1 aliphatic rings. The van der Waals surface area contributed by atoms with Crippen LogP contribution in [0.2, 0.25) is 10.0 Å². The molecule has 12 heteroatoms. The lowest BCUT2D eigenvalue weighted by atomic mass is 10.1. The highest BCUT2D eigenvalue weighted by atomic mass is 79.9. The molecule has 1 N–H and O–H groups in total. The fourth-order valence-electron chi connectivity index (χ4n) is 3.46. The summed E-state index contributed by atoms with van der Waals surface area (Å²) < 4.78 is 24.9. The average Bonchev–Trinajstić information content (AvgIpc) is 3.13. The molecule has 0 spiro atoms. The van der Waals surface area contributed by atoms with Gasteiger partial charge in [0.2, 0.25) is 0 Å². The Morgan fingerprint density at radius 2 is 1.89 bits per heavy atom. The summed E-state index contributed by atoms with van der Waals surface area (Å²) in [6, 6.07) is 13.9. The number of methoxy groups -OCH3 is 1. The first-order chi connectivity index (χ1) is 18.2. The number of hydrogen-bond donors (Lipinski definition) is 1. The molecule has 1 fully saturated rings. The molecule has 0 aliphatic carbocycles. The van der Waals surface area contributed by atoms with Gasteiger partial charge in [0.15, 0.2) is 18.1 Å². The number of nitrogens with zero attached hydrogens (tertiary/aromatic N) is 1. The van der Waals surface area contributed by atoms with Gasteiger partial charge in [-0.1, -0.05) is 41.4 Å². The topological polar surface area (TPSA) is 84.9 Å². The van der Waals surface area contributed by atoms with Crippen LogP contribution in [0.4, 0.5) is 14.9 Å². The Bertz CT molecular complexity index is 1470. The minimum Gasteiger partial charge on any atom is -0.493 e. The monoisotopic (exact) mass is 638 g/mol. The summed E-state index contributed by atoms with van der Waals surface area (Å²) in [7, 11) is 1.43. The predicted molar refractivity (Wildman–Crippen MR) is 149 cm³/mol. The van der Waals surface area contributed by atoms with Crippen LogP contribution in [0, 0.1) is 5.82 Å². The van der Waals surface area contributed by atoms with Crippen LogP contribution in [0.25, 0.3) is 6.08 Å². The van der Waals surface area contributed by atoms with Crippen molar-refractivity contribution in [2.45, 2.75) is 6.54 Å². The largest absolute Gasteiger partial charge is 0.493 e. The molecule has 7 nitrogen and oxygen atoms in total. The molecule has 3 amide bonds. The van der Waals surface area contributed by atoms with Crippen molar-refractivity contribution in [3.05, 3.63) is 91.0 Å². The summed E-state index contributed by atoms with van der Waals surface area (Å²) in [6.45, 7) is -0.401. The third-order valence-corrected chi connectivity index (χ3v) is 7.44. The van der Waals surface area contributed by atoms with E-state index in [2.05, 4.69) is 21.2 Å². The van der Waals surface area contributed by atoms with Crippen LogP contribution in [0.1, 0.15) is 11.1 Å². The first-order valence-corrected chi connectivity index (χ1v) is 13.3. The van der Waals surface area contributed by atoms with E-state index in [1.165, 1.54) is 19.2 Å². The predicted octanol–water partition coefficient (Wildman–Crippen LogP) is 7.16. The Morgan fingerprint density at radius 1 is 1.13 bits per heavy atom. The molecule has 196 valence electrons. The van der Waals surface area contributed by atoms with Crippen molar-refractivity contribution in [2.24, 2.45) is 0 Å². The molecule has 3 aromatic rings. The quantitative estimate of drug-likeness (QED) is 0.263. The summed E-state index contributed by atoms with van der Waals surface area (Å²) in [5.41, 5.74) is 1.45. The molecule has 0 unspecified atom stereocenters. The van der Waals surface area contributed by atoms with Gasteiger partial charge < -0.3 is 14.8 Å². The first kappa shape index (κ1) is 28.0. The molecule has 1 saturated heterocycles. The lowest BCUT2D eigenvalue weighted by Gasteiger charge is -2.14. The van der Waals surface area contributed by atoms with E-state index in [0.29, 0.717) is 32.1 Å². The Labute approximate surface area is 240 Å². The number of para-hydroxylation sites is 1. The second kappa shape index (κ2) is 12.2. The second-order valence-corrected chi connectivity index (χ2v) is 10.5. The van der Waals surface area contributed by atoms with Gasteiger partial charge in [0.1, 0.15) is 5.82 Å². The average molecular weight is 640 g/mol. The molecule has 3 aromatic carbocycles. The number of thioether (sulfide) groups is 1. The maximum atomic E-state index is 13.3. The summed E-state index contributed by atoms with van der Waals surface area (Å²) in [6.07, 6.45) is 1.54. The van der Waals surface area contributed by atoms with Crippen LogP contribution < -0.4 is 14.8 Å². The number of halogens is 4. The van der Waals surface area contributed by atoms with Gasteiger partial charge in [0.05, 0.1) is 33.7 Å². The number of hydrogen-bond acceptors (Lipinski definition) is 6. The van der Waals surface area contributed by atoms with Crippen LogP contribution in [0.3, 0.4) is 0 Å². The molecule has 0 saturated carbocycles. The molecule has 0 bridgehead atoms. The zero-order valence-corrected chi connectivity index (χ0v) is 23.5. The van der Waals surface area contributed by atoms with Crippen LogP contribution in [0.5, 0.6) is 11.5 Å². The van der Waals surface area contributed by atoms with Crippen molar-refractivity contribution in [1.82, 2.24) is 4.90 Å². The van der Waals surface area contributed by atoms with E-state index in [1.54, 1.807) is 42.5 Å². The van der Waals surface area contributed by atoms with Gasteiger partial charge in [-0.3, -0.25) is 19.3 Å². The van der Waals surface area contributed by atoms with Crippen LogP contribution in [-0.4, -0.2) is 35.7 Å². The van der Waals surface area contributed by atoms with Crippen LogP contribution >= 0.6 is 50.9 Å². The van der Waals surface area contributed by atoms with E-state index in [-0.39, 0.29) is 28.8 Å². The Kier molecular flexibility index (Phi) is 8.99. The molecule has 1 aliphatic heterocycles. The van der Waals surface area contributed by atoms with E-state index in [9.17, 15) is 18.8 Å². The van der Waals surface area contributed by atoms with Crippen molar-refractivity contribution in [2.75, 3.05) is 19.0 Å². The number of carbonyl (C=O) groups excluding carboxylic acids is 3. The zero-order chi connectivity index (χ0) is 27.4. The Hall–Kier alpha value is -3.05. The lowest BCUT2D eigenvalue weighted by molar-refractivity contribution is -0.123. The molecule has 38 heavy (non-hydrogen) atoms. The standard InChI is InChI=1S/C26H18BrCl2FN2O5S/c1-36-21-9-14(8-17(27)24(21)37-13-23(33)31-20-5-3-2-4-18(20)28)10-22-25(34)32(26(35)38-22)12-15-6-7-16(30)11-19(15)29/h2-11H,12-13H2,1H3,(H,31,33)/b22-10-. The van der Waals surface area contributed by atoms with Gasteiger partial charge in [0.25, 0.3) is 17.1 Å². The summed E-state index contributed by atoms with van der Waals surface area (Å²) in [4.78, 5) is 39.0. The SMILES string of the molecule is COc1cc(/C=C2\SC(=O)N(Cc3ccc(F)cc3Cl)C2=O)cc(Br)c1OCC(=O)Nc1ccccc1Cl. The van der Waals surface area contributed by atoms with E-state index >= 15 is 0 Å². The Balaban J connectivity index is 1.48. The van der Waals surface area contributed by atoms with Crippen LogP contribution in [-0.2, 0) is 16.1 Å². The lowest BCUT2D eigenvalue weighted by Crippen LogP contribution is -2.27. The van der Waals surface area contributed by atoms with Gasteiger partial charge in [0, 0.05) is 5.02 Å². The number of nitrogens with one attached hydrogen (secondary N) is 1. The fraction of sp³-hybridized carbons (Fsp3) is 0.115. The van der Waals surface area contributed by atoms with Crippen molar-refractivity contribution in [3.63, 3.8) is 0 Å². The van der Waals surface area contributed by atoms with Crippen molar-refractivity contribution >= 4 is 79.7 Å². The molecule has 1 heterocycles. The molecular formula is C26H18BrCl2FN2O5S. The molecule has 0 atom stereocenters. The first-order valence-electron chi connectivity index (χ1n) is 10.9. The summed E-state index contributed by atoms with van der Waals surface area (Å²) >= 11 is 16.3. The van der Waals surface area contributed by atoms with E-state index < -0.39 is 22.9 Å². The third-order valence-electron chi connectivity index (χ3n) is 5.26. The van der Waals surface area contributed by atoms with Gasteiger partial charge in [-0.2, -0.15) is 0 Å². The maximum Gasteiger partial charge on any atom is 0.293 e. The van der Waals surface area contributed by atoms with E-state index in [0.717, 1.165) is 22.7 Å². The van der Waals surface area contributed by atoms with E-state index in [1.807, 2.05) is 0 Å². The third kappa shape index (κ3) is 6.50.